The maximum atomic E-state index is 8.81. The van der Waals surface area contributed by atoms with Gasteiger partial charge in [0.2, 0.25) is 0 Å². The van der Waals surface area contributed by atoms with Gasteiger partial charge in [-0.05, 0) is 12.3 Å². The minimum absolute atomic E-state index is 0.00782. The molecule has 0 bridgehead atoms. The van der Waals surface area contributed by atoms with Crippen LogP contribution in [0.1, 0.15) is 39.5 Å². The molecule has 2 atom stereocenters. The van der Waals surface area contributed by atoms with E-state index in [2.05, 4.69) is 13.8 Å². The molecule has 2 heteroatoms. The van der Waals surface area contributed by atoms with Gasteiger partial charge < -0.3 is 10.8 Å². The zero-order chi connectivity index (χ0) is 8.69. The van der Waals surface area contributed by atoms with Crippen LogP contribution in [0, 0.1) is 5.92 Å². The van der Waals surface area contributed by atoms with Crippen LogP contribution >= 0.6 is 0 Å². The molecule has 2 unspecified atom stereocenters. The molecule has 0 fully saturated rings. The normalized spacial score (nSPS) is 16.4. The van der Waals surface area contributed by atoms with Gasteiger partial charge in [0.15, 0.2) is 0 Å². The minimum Gasteiger partial charge on any atom is -0.395 e. The maximum Gasteiger partial charge on any atom is 0.0585 e. The molecule has 0 aliphatic carbocycles. The van der Waals surface area contributed by atoms with Gasteiger partial charge in [-0.1, -0.05) is 33.1 Å². The summed E-state index contributed by atoms with van der Waals surface area (Å²) in [5.41, 5.74) is 5.72. The fourth-order valence-corrected chi connectivity index (χ4v) is 1.34. The summed E-state index contributed by atoms with van der Waals surface area (Å²) in [5.74, 6) is 0.514. The Morgan fingerprint density at radius 1 is 1.36 bits per heavy atom. The largest absolute Gasteiger partial charge is 0.395 e. The summed E-state index contributed by atoms with van der Waals surface area (Å²) in [6, 6.07) is -0.00782. The predicted molar refractivity (Wildman–Crippen MR) is 48.4 cm³/mol. The number of hydrogen-bond acceptors (Lipinski definition) is 2. The first-order valence-corrected chi connectivity index (χ1v) is 4.62. The minimum atomic E-state index is -0.00782. The summed E-state index contributed by atoms with van der Waals surface area (Å²) in [7, 11) is 0. The Kier molecular flexibility index (Phi) is 6.57. The van der Waals surface area contributed by atoms with Gasteiger partial charge in [0.1, 0.15) is 0 Å². The lowest BCUT2D eigenvalue weighted by atomic mass is 9.92. The SMILES string of the molecule is CCCCC(CC)C(N)CO. The number of hydrogen-bond donors (Lipinski definition) is 2. The van der Waals surface area contributed by atoms with Crippen LogP contribution in [0.25, 0.3) is 0 Å². The maximum absolute atomic E-state index is 8.81. The van der Waals surface area contributed by atoms with Crippen molar-refractivity contribution in [1.29, 1.82) is 0 Å². The lowest BCUT2D eigenvalue weighted by Crippen LogP contribution is -2.33. The molecule has 0 aliphatic rings. The van der Waals surface area contributed by atoms with E-state index < -0.39 is 0 Å². The second-order valence-corrected chi connectivity index (χ2v) is 3.16. The highest BCUT2D eigenvalue weighted by molar-refractivity contribution is 4.70. The van der Waals surface area contributed by atoms with E-state index in [4.69, 9.17) is 10.8 Å². The predicted octanol–water partition coefficient (Wildman–Crippen LogP) is 1.52. The third kappa shape index (κ3) is 4.38. The summed E-state index contributed by atoms with van der Waals surface area (Å²) in [5, 5.41) is 8.81. The van der Waals surface area contributed by atoms with Gasteiger partial charge >= 0.3 is 0 Å². The molecular formula is C9H21NO. The Morgan fingerprint density at radius 2 is 2.00 bits per heavy atom. The summed E-state index contributed by atoms with van der Waals surface area (Å²) < 4.78 is 0. The van der Waals surface area contributed by atoms with E-state index in [-0.39, 0.29) is 12.6 Å². The highest BCUT2D eigenvalue weighted by atomic mass is 16.3. The molecule has 0 aromatic heterocycles. The Bertz CT molecular complexity index is 85.6. The van der Waals surface area contributed by atoms with E-state index in [9.17, 15) is 0 Å². The molecule has 0 aromatic rings. The first-order chi connectivity index (χ1) is 5.26. The molecule has 0 radical (unpaired) electrons. The monoisotopic (exact) mass is 159 g/mol. The molecule has 0 spiro atoms. The molecule has 3 N–H and O–H groups in total. The average molecular weight is 159 g/mol. The van der Waals surface area contributed by atoms with Crippen molar-refractivity contribution in [3.8, 4) is 0 Å². The standard InChI is InChI=1S/C9H21NO/c1-3-5-6-8(4-2)9(10)7-11/h8-9,11H,3-7,10H2,1-2H3. The van der Waals surface area contributed by atoms with E-state index in [0.717, 1.165) is 12.8 Å². The van der Waals surface area contributed by atoms with Crippen molar-refractivity contribution in [2.45, 2.75) is 45.6 Å². The topological polar surface area (TPSA) is 46.2 Å². The van der Waals surface area contributed by atoms with Gasteiger partial charge in [0.25, 0.3) is 0 Å². The van der Waals surface area contributed by atoms with Gasteiger partial charge in [-0.3, -0.25) is 0 Å². The summed E-state index contributed by atoms with van der Waals surface area (Å²) >= 11 is 0. The number of rotatable bonds is 6. The quantitative estimate of drug-likeness (QED) is 0.617. The van der Waals surface area contributed by atoms with Crippen LogP contribution in [0.15, 0.2) is 0 Å². The second-order valence-electron chi connectivity index (χ2n) is 3.16. The first kappa shape index (κ1) is 10.9. The third-order valence-corrected chi connectivity index (χ3v) is 2.27. The van der Waals surface area contributed by atoms with E-state index in [1.807, 2.05) is 0 Å². The molecule has 0 aromatic carbocycles. The van der Waals surface area contributed by atoms with Crippen LogP contribution < -0.4 is 5.73 Å². The zero-order valence-electron chi connectivity index (χ0n) is 7.71. The number of aliphatic hydroxyl groups excluding tert-OH is 1. The number of unbranched alkanes of at least 4 members (excludes halogenated alkanes) is 1. The molecule has 11 heavy (non-hydrogen) atoms. The zero-order valence-corrected chi connectivity index (χ0v) is 7.71. The second kappa shape index (κ2) is 6.62. The third-order valence-electron chi connectivity index (χ3n) is 2.27. The lowest BCUT2D eigenvalue weighted by Gasteiger charge is -2.19. The Morgan fingerprint density at radius 3 is 2.36 bits per heavy atom. The highest BCUT2D eigenvalue weighted by Crippen LogP contribution is 2.14. The molecule has 0 saturated carbocycles. The molecule has 2 nitrogen and oxygen atoms in total. The fourth-order valence-electron chi connectivity index (χ4n) is 1.34. The summed E-state index contributed by atoms with van der Waals surface area (Å²) in [6.07, 6.45) is 4.69. The molecular weight excluding hydrogens is 138 g/mol. The Labute approximate surface area is 69.8 Å². The van der Waals surface area contributed by atoms with Crippen LogP contribution in [-0.4, -0.2) is 17.8 Å². The Hall–Kier alpha value is -0.0800. The number of nitrogens with two attached hydrogens (primary N) is 1. The Balaban J connectivity index is 3.56. The highest BCUT2D eigenvalue weighted by Gasteiger charge is 2.13. The van der Waals surface area contributed by atoms with E-state index in [1.54, 1.807) is 0 Å². The van der Waals surface area contributed by atoms with Gasteiger partial charge in [0, 0.05) is 6.04 Å². The molecule has 0 heterocycles. The lowest BCUT2D eigenvalue weighted by molar-refractivity contribution is 0.215. The van der Waals surface area contributed by atoms with Gasteiger partial charge in [-0.15, -0.1) is 0 Å². The summed E-state index contributed by atoms with van der Waals surface area (Å²) in [6.45, 7) is 4.44. The van der Waals surface area contributed by atoms with Crippen LogP contribution in [-0.2, 0) is 0 Å². The first-order valence-electron chi connectivity index (χ1n) is 4.62. The molecule has 68 valence electrons. The van der Waals surface area contributed by atoms with E-state index >= 15 is 0 Å². The van der Waals surface area contributed by atoms with Crippen molar-refractivity contribution >= 4 is 0 Å². The van der Waals surface area contributed by atoms with Crippen LogP contribution in [0.5, 0.6) is 0 Å². The van der Waals surface area contributed by atoms with E-state index in [0.29, 0.717) is 5.92 Å². The molecule has 0 saturated heterocycles. The average Bonchev–Trinajstić information content (AvgIpc) is 2.05. The van der Waals surface area contributed by atoms with Crippen LogP contribution in [0.3, 0.4) is 0 Å². The van der Waals surface area contributed by atoms with Crippen molar-refractivity contribution in [3.05, 3.63) is 0 Å². The number of aliphatic hydroxyl groups is 1. The smallest absolute Gasteiger partial charge is 0.0585 e. The fraction of sp³-hybridized carbons (Fsp3) is 1.00. The van der Waals surface area contributed by atoms with Crippen molar-refractivity contribution in [2.24, 2.45) is 11.7 Å². The van der Waals surface area contributed by atoms with Crippen LogP contribution in [0.2, 0.25) is 0 Å². The molecule has 0 aliphatic heterocycles. The van der Waals surface area contributed by atoms with Crippen molar-refractivity contribution in [2.75, 3.05) is 6.61 Å². The van der Waals surface area contributed by atoms with Crippen molar-refractivity contribution in [3.63, 3.8) is 0 Å². The van der Waals surface area contributed by atoms with Crippen LogP contribution in [0.4, 0.5) is 0 Å². The van der Waals surface area contributed by atoms with E-state index in [1.165, 1.54) is 12.8 Å². The molecule has 0 amide bonds. The van der Waals surface area contributed by atoms with Crippen molar-refractivity contribution in [1.82, 2.24) is 0 Å². The van der Waals surface area contributed by atoms with Gasteiger partial charge in [-0.2, -0.15) is 0 Å². The molecule has 0 rings (SSSR count). The van der Waals surface area contributed by atoms with Gasteiger partial charge in [-0.25, -0.2) is 0 Å². The van der Waals surface area contributed by atoms with Crippen molar-refractivity contribution < 1.29 is 5.11 Å². The van der Waals surface area contributed by atoms with Gasteiger partial charge in [0.05, 0.1) is 6.61 Å². The summed E-state index contributed by atoms with van der Waals surface area (Å²) in [4.78, 5) is 0.